The second-order valence-electron chi connectivity index (χ2n) is 7.67. The second kappa shape index (κ2) is 7.99. The fraction of sp³-hybridized carbons (Fsp3) is 0.550. The van der Waals surface area contributed by atoms with Gasteiger partial charge in [0.15, 0.2) is 0 Å². The van der Waals surface area contributed by atoms with E-state index in [4.69, 9.17) is 4.74 Å². The smallest absolute Gasteiger partial charge is 0.241 e. The lowest BCUT2D eigenvalue weighted by Crippen LogP contribution is -2.54. The van der Waals surface area contributed by atoms with E-state index >= 15 is 0 Å². The molecule has 144 valence electrons. The highest BCUT2D eigenvalue weighted by molar-refractivity contribution is 6.01. The Hall–Kier alpha value is -1.56. The SMILES string of the molecule is COc1ccc2c(c1)C(C)=CC(C)(C)N2C(=O)CN1CCN(C)CC1.Cl. The zero-order chi connectivity index (χ0) is 18.2. The number of hydrogen-bond acceptors (Lipinski definition) is 4. The Bertz CT molecular complexity index is 694. The highest BCUT2D eigenvalue weighted by atomic mass is 35.5. The maximum absolute atomic E-state index is 13.2. The highest BCUT2D eigenvalue weighted by Gasteiger charge is 2.36. The van der Waals surface area contributed by atoms with E-state index in [0.29, 0.717) is 6.54 Å². The quantitative estimate of drug-likeness (QED) is 0.809. The highest BCUT2D eigenvalue weighted by Crippen LogP contribution is 2.40. The first-order chi connectivity index (χ1) is 11.8. The van der Waals surface area contributed by atoms with Crippen molar-refractivity contribution in [1.29, 1.82) is 0 Å². The van der Waals surface area contributed by atoms with Crippen LogP contribution in [0.2, 0.25) is 0 Å². The summed E-state index contributed by atoms with van der Waals surface area (Å²) >= 11 is 0. The number of anilines is 1. The van der Waals surface area contributed by atoms with Crippen molar-refractivity contribution in [2.24, 2.45) is 0 Å². The Morgan fingerprint density at radius 2 is 1.85 bits per heavy atom. The molecule has 26 heavy (non-hydrogen) atoms. The predicted molar refractivity (Wildman–Crippen MR) is 109 cm³/mol. The first kappa shape index (κ1) is 20.7. The molecule has 1 saturated heterocycles. The summed E-state index contributed by atoms with van der Waals surface area (Å²) in [5.41, 5.74) is 2.90. The number of ether oxygens (including phenoxy) is 1. The third-order valence-electron chi connectivity index (χ3n) is 5.22. The van der Waals surface area contributed by atoms with Gasteiger partial charge in [-0.15, -0.1) is 12.4 Å². The summed E-state index contributed by atoms with van der Waals surface area (Å²) in [7, 11) is 3.80. The minimum Gasteiger partial charge on any atom is -0.497 e. The van der Waals surface area contributed by atoms with Crippen LogP contribution in [0.25, 0.3) is 5.57 Å². The van der Waals surface area contributed by atoms with E-state index in [1.807, 2.05) is 23.1 Å². The monoisotopic (exact) mass is 379 g/mol. The van der Waals surface area contributed by atoms with Crippen molar-refractivity contribution in [3.63, 3.8) is 0 Å². The summed E-state index contributed by atoms with van der Waals surface area (Å²) in [5.74, 6) is 0.974. The normalized spacial score (nSPS) is 20.0. The van der Waals surface area contributed by atoms with Gasteiger partial charge >= 0.3 is 0 Å². The van der Waals surface area contributed by atoms with Crippen molar-refractivity contribution in [2.75, 3.05) is 51.8 Å². The van der Waals surface area contributed by atoms with Gasteiger partial charge < -0.3 is 14.5 Å². The predicted octanol–water partition coefficient (Wildman–Crippen LogP) is 2.89. The van der Waals surface area contributed by atoms with Crippen LogP contribution in [0, 0.1) is 0 Å². The molecule has 5 nitrogen and oxygen atoms in total. The molecule has 0 bridgehead atoms. The average molecular weight is 380 g/mol. The van der Waals surface area contributed by atoms with E-state index in [1.165, 1.54) is 5.57 Å². The molecule has 0 atom stereocenters. The first-order valence-corrected chi connectivity index (χ1v) is 8.93. The van der Waals surface area contributed by atoms with E-state index in [1.54, 1.807) is 7.11 Å². The summed E-state index contributed by atoms with van der Waals surface area (Å²) in [6.45, 7) is 10.7. The summed E-state index contributed by atoms with van der Waals surface area (Å²) in [6, 6.07) is 5.96. The van der Waals surface area contributed by atoms with Crippen molar-refractivity contribution < 1.29 is 9.53 Å². The van der Waals surface area contributed by atoms with Crippen LogP contribution in [0.1, 0.15) is 26.3 Å². The third kappa shape index (κ3) is 4.05. The number of methoxy groups -OCH3 is 1. The van der Waals surface area contributed by atoms with E-state index in [0.717, 1.165) is 43.2 Å². The lowest BCUT2D eigenvalue weighted by atomic mass is 9.88. The van der Waals surface area contributed by atoms with Crippen molar-refractivity contribution in [1.82, 2.24) is 9.80 Å². The average Bonchev–Trinajstić information content (AvgIpc) is 2.56. The zero-order valence-electron chi connectivity index (χ0n) is 16.4. The number of carbonyl (C=O) groups excluding carboxylic acids is 1. The number of halogens is 1. The molecule has 1 fully saturated rings. The molecule has 0 spiro atoms. The van der Waals surface area contributed by atoms with Crippen molar-refractivity contribution in [3.8, 4) is 5.75 Å². The molecule has 0 saturated carbocycles. The van der Waals surface area contributed by atoms with E-state index in [-0.39, 0.29) is 23.9 Å². The third-order valence-corrected chi connectivity index (χ3v) is 5.22. The molecule has 6 heteroatoms. The summed E-state index contributed by atoms with van der Waals surface area (Å²) in [6.07, 6.45) is 2.18. The van der Waals surface area contributed by atoms with Crippen LogP contribution in [0.15, 0.2) is 24.3 Å². The summed E-state index contributed by atoms with van der Waals surface area (Å²) in [5, 5.41) is 0. The van der Waals surface area contributed by atoms with Crippen LogP contribution < -0.4 is 9.64 Å². The molecule has 1 aromatic carbocycles. The van der Waals surface area contributed by atoms with Gasteiger partial charge in [-0.25, -0.2) is 0 Å². The number of carbonyl (C=O) groups is 1. The molecular weight excluding hydrogens is 350 g/mol. The minimum atomic E-state index is -0.338. The molecular formula is C20H30ClN3O2. The Balaban J connectivity index is 0.00000243. The molecule has 1 aromatic rings. The summed E-state index contributed by atoms with van der Waals surface area (Å²) in [4.78, 5) is 19.7. The maximum atomic E-state index is 13.2. The molecule has 2 aliphatic rings. The number of rotatable bonds is 3. The fourth-order valence-electron chi connectivity index (χ4n) is 3.86. The van der Waals surface area contributed by atoms with E-state index < -0.39 is 0 Å². The number of benzene rings is 1. The standard InChI is InChI=1S/C20H29N3O2.ClH/c1-15-13-20(2,3)23(18-7-6-16(25-5)12-17(15)18)19(24)14-22-10-8-21(4)9-11-22;/h6-7,12-13H,8-11,14H2,1-5H3;1H. The number of fused-ring (bicyclic) bond motifs is 1. The molecule has 0 aromatic heterocycles. The van der Waals surface area contributed by atoms with Gasteiger partial charge in [0, 0.05) is 31.7 Å². The molecule has 0 radical (unpaired) electrons. The van der Waals surface area contributed by atoms with Crippen LogP contribution in [-0.2, 0) is 4.79 Å². The Morgan fingerprint density at radius 1 is 1.19 bits per heavy atom. The largest absolute Gasteiger partial charge is 0.497 e. The van der Waals surface area contributed by atoms with Crippen LogP contribution in [0.5, 0.6) is 5.75 Å². The van der Waals surface area contributed by atoms with Gasteiger partial charge in [-0.3, -0.25) is 9.69 Å². The van der Waals surface area contributed by atoms with Crippen LogP contribution in [-0.4, -0.2) is 68.1 Å². The van der Waals surface area contributed by atoms with E-state index in [9.17, 15) is 4.79 Å². The lowest BCUT2D eigenvalue weighted by molar-refractivity contribution is -0.120. The molecule has 3 rings (SSSR count). The number of nitrogens with zero attached hydrogens (tertiary/aromatic N) is 3. The minimum absolute atomic E-state index is 0. The van der Waals surface area contributed by atoms with E-state index in [2.05, 4.69) is 43.7 Å². The van der Waals surface area contributed by atoms with Crippen molar-refractivity contribution in [3.05, 3.63) is 29.8 Å². The van der Waals surface area contributed by atoms with Crippen LogP contribution in [0.3, 0.4) is 0 Å². The first-order valence-electron chi connectivity index (χ1n) is 8.93. The van der Waals surface area contributed by atoms with Gasteiger partial charge in [-0.05, 0) is 51.6 Å². The van der Waals surface area contributed by atoms with Crippen molar-refractivity contribution >= 4 is 29.6 Å². The molecule has 2 heterocycles. The van der Waals surface area contributed by atoms with Crippen LogP contribution >= 0.6 is 12.4 Å². The Kier molecular flexibility index (Phi) is 6.37. The van der Waals surface area contributed by atoms with Gasteiger partial charge in [-0.1, -0.05) is 6.08 Å². The molecule has 1 amide bonds. The number of piperazine rings is 1. The van der Waals surface area contributed by atoms with Crippen LogP contribution in [0.4, 0.5) is 5.69 Å². The Morgan fingerprint density at radius 3 is 2.46 bits per heavy atom. The molecule has 0 aliphatic carbocycles. The lowest BCUT2D eigenvalue weighted by Gasteiger charge is -2.43. The molecule has 0 N–H and O–H groups in total. The zero-order valence-corrected chi connectivity index (χ0v) is 17.2. The molecule has 0 unspecified atom stereocenters. The van der Waals surface area contributed by atoms with Crippen molar-refractivity contribution in [2.45, 2.75) is 26.3 Å². The maximum Gasteiger partial charge on any atom is 0.241 e. The molecule has 2 aliphatic heterocycles. The van der Waals surface area contributed by atoms with Gasteiger partial charge in [0.2, 0.25) is 5.91 Å². The van der Waals surface area contributed by atoms with Gasteiger partial charge in [0.25, 0.3) is 0 Å². The van der Waals surface area contributed by atoms with Gasteiger partial charge in [0.1, 0.15) is 5.75 Å². The number of likely N-dealkylation sites (N-methyl/N-ethyl adjacent to an activating group) is 1. The number of allylic oxidation sites excluding steroid dienone is 1. The van der Waals surface area contributed by atoms with Gasteiger partial charge in [-0.2, -0.15) is 0 Å². The second-order valence-corrected chi connectivity index (χ2v) is 7.67. The number of amides is 1. The Labute approximate surface area is 163 Å². The topological polar surface area (TPSA) is 36.0 Å². The summed E-state index contributed by atoms with van der Waals surface area (Å²) < 4.78 is 5.36. The van der Waals surface area contributed by atoms with Gasteiger partial charge in [0.05, 0.1) is 24.9 Å². The fourth-order valence-corrected chi connectivity index (χ4v) is 3.86. The number of hydrogen-bond donors (Lipinski definition) is 0.